The molecule has 0 saturated carbocycles. The fraction of sp³-hybridized carbons (Fsp3) is 0.150. The van der Waals surface area contributed by atoms with Gasteiger partial charge in [-0.25, -0.2) is 18.2 Å². The van der Waals surface area contributed by atoms with Gasteiger partial charge in [-0.05, 0) is 30.3 Å². The summed E-state index contributed by atoms with van der Waals surface area (Å²) in [6.07, 6.45) is 5.92. The van der Waals surface area contributed by atoms with Gasteiger partial charge in [-0.2, -0.15) is 0 Å². The molecule has 0 saturated heterocycles. The molecule has 10 heteroatoms. The van der Waals surface area contributed by atoms with Crippen LogP contribution in [0.4, 0.5) is 5.82 Å². The summed E-state index contributed by atoms with van der Waals surface area (Å²) in [5, 5.41) is 8.22. The zero-order valence-electron chi connectivity index (χ0n) is 16.1. The molecule has 0 fully saturated rings. The maximum atomic E-state index is 10.8. The average molecular weight is 428 g/mol. The van der Waals surface area contributed by atoms with Gasteiger partial charge in [-0.1, -0.05) is 24.8 Å². The van der Waals surface area contributed by atoms with Crippen molar-refractivity contribution >= 4 is 21.6 Å². The highest BCUT2D eigenvalue weighted by Gasteiger charge is 2.03. The number of rotatable bonds is 5. The molecule has 3 aromatic heterocycles. The summed E-state index contributed by atoms with van der Waals surface area (Å²) in [4.78, 5) is 24.5. The van der Waals surface area contributed by atoms with Crippen molar-refractivity contribution in [3.8, 4) is 5.88 Å². The normalized spacial score (nSPS) is 9.60. The molecule has 0 unspecified atom stereocenters. The van der Waals surface area contributed by atoms with E-state index in [0.29, 0.717) is 17.4 Å². The Hall–Kier alpha value is -3.84. The lowest BCUT2D eigenvalue weighted by Crippen LogP contribution is -2.09. The third kappa shape index (κ3) is 12.5. The van der Waals surface area contributed by atoms with Crippen LogP contribution in [-0.4, -0.2) is 47.3 Å². The molecule has 3 rings (SSSR count). The van der Waals surface area contributed by atoms with Crippen molar-refractivity contribution in [3.63, 3.8) is 0 Å². The molecule has 1 N–H and O–H groups in total. The van der Waals surface area contributed by atoms with Crippen LogP contribution in [0.2, 0.25) is 0 Å². The molecule has 0 atom stereocenters. The highest BCUT2D eigenvalue weighted by atomic mass is 32.2. The van der Waals surface area contributed by atoms with Crippen LogP contribution in [0, 0.1) is 6.57 Å². The van der Waals surface area contributed by atoms with E-state index >= 15 is 0 Å². The van der Waals surface area contributed by atoms with Gasteiger partial charge in [-0.3, -0.25) is 4.98 Å². The molecule has 156 valence electrons. The predicted molar refractivity (Wildman–Crippen MR) is 111 cm³/mol. The lowest BCUT2D eigenvalue weighted by atomic mass is 10.4. The minimum atomic E-state index is -2.94. The van der Waals surface area contributed by atoms with E-state index in [9.17, 15) is 13.2 Å². The molecule has 0 aromatic carbocycles. The molecule has 0 spiro atoms. The molecule has 30 heavy (non-hydrogen) atoms. The summed E-state index contributed by atoms with van der Waals surface area (Å²) >= 11 is 0. The number of aromatic nitrogens is 3. The molecule has 0 aliphatic rings. The van der Waals surface area contributed by atoms with E-state index in [0.717, 1.165) is 0 Å². The highest BCUT2D eigenvalue weighted by molar-refractivity contribution is 7.89. The number of hydrogen-bond acceptors (Lipinski definition) is 7. The van der Waals surface area contributed by atoms with Crippen LogP contribution in [0.5, 0.6) is 5.88 Å². The quantitative estimate of drug-likeness (QED) is 0.615. The number of hydrogen-bond donors (Lipinski definition) is 1. The zero-order valence-corrected chi connectivity index (χ0v) is 16.9. The summed E-state index contributed by atoms with van der Waals surface area (Å²) in [5.41, 5.74) is 0.593. The van der Waals surface area contributed by atoms with E-state index in [-0.39, 0.29) is 12.4 Å². The van der Waals surface area contributed by atoms with Gasteiger partial charge in [0.2, 0.25) is 5.88 Å². The summed E-state index contributed by atoms with van der Waals surface area (Å²) in [5.74, 6) is -0.202. The van der Waals surface area contributed by atoms with Gasteiger partial charge in [0.25, 0.3) is 5.82 Å². The molecule has 0 radical (unpaired) electrons. The van der Waals surface area contributed by atoms with Crippen molar-refractivity contribution in [3.05, 3.63) is 90.3 Å². The highest BCUT2D eigenvalue weighted by Crippen LogP contribution is 2.02. The first-order valence-corrected chi connectivity index (χ1v) is 10.5. The number of carboxylic acids is 1. The maximum Gasteiger partial charge on any atom is 0.341 e. The number of aliphatic carboxylic acids is 1. The second-order valence-corrected chi connectivity index (χ2v) is 7.68. The van der Waals surface area contributed by atoms with E-state index < -0.39 is 15.8 Å². The van der Waals surface area contributed by atoms with E-state index in [1.54, 1.807) is 67.0 Å². The Bertz CT molecular complexity index is 1030. The third-order valence-corrected chi connectivity index (χ3v) is 3.70. The van der Waals surface area contributed by atoms with Gasteiger partial charge in [-0.15, -0.1) is 4.98 Å². The summed E-state index contributed by atoms with van der Waals surface area (Å²) in [6.45, 7) is 6.16. The Morgan fingerprint density at radius 3 is 2.00 bits per heavy atom. The summed E-state index contributed by atoms with van der Waals surface area (Å²) in [7, 11) is -2.94. The first kappa shape index (κ1) is 24.2. The molecule has 3 aromatic rings. The van der Waals surface area contributed by atoms with Crippen LogP contribution >= 0.6 is 0 Å². The predicted octanol–water partition coefficient (Wildman–Crippen LogP) is 2.80. The molecule has 0 aliphatic carbocycles. The van der Waals surface area contributed by atoms with Gasteiger partial charge >= 0.3 is 5.97 Å². The molecule has 0 amide bonds. The SMILES string of the molecule is CS(=O)(=O)Cc1ccccn1.O=C(O)COc1ccccn1.[C-]#[N+]c1ccccn1. The molecule has 0 bridgehead atoms. The molecular formula is C20H20N4O5S. The van der Waals surface area contributed by atoms with E-state index in [1.807, 2.05) is 0 Å². The van der Waals surface area contributed by atoms with Gasteiger partial charge < -0.3 is 14.7 Å². The van der Waals surface area contributed by atoms with Gasteiger partial charge in [0.05, 0.1) is 11.4 Å². The average Bonchev–Trinajstić information content (AvgIpc) is 2.74. The van der Waals surface area contributed by atoms with Crippen molar-refractivity contribution in [2.75, 3.05) is 12.9 Å². The first-order chi connectivity index (χ1) is 14.3. The van der Waals surface area contributed by atoms with Crippen LogP contribution in [0.1, 0.15) is 5.69 Å². The van der Waals surface area contributed by atoms with Gasteiger partial charge in [0.15, 0.2) is 16.4 Å². The van der Waals surface area contributed by atoms with Crippen LogP contribution in [0.3, 0.4) is 0 Å². The standard InChI is InChI=1S/C7H7NO3.C7H9NO2S.C6H4N2/c9-7(10)5-11-6-3-1-2-4-8-6;1-11(9,10)6-7-4-2-3-5-8-7;1-7-6-4-2-3-5-8-6/h1-4H,5H2,(H,9,10);2-5H,6H2,1H3;2-5H. The zero-order chi connectivity index (χ0) is 22.2. The smallest absolute Gasteiger partial charge is 0.341 e. The third-order valence-electron chi connectivity index (χ3n) is 2.88. The van der Waals surface area contributed by atoms with Gasteiger partial charge in [0.1, 0.15) is 6.20 Å². The Morgan fingerprint density at radius 2 is 1.60 bits per heavy atom. The van der Waals surface area contributed by atoms with Crippen LogP contribution < -0.4 is 4.74 Å². The van der Waals surface area contributed by atoms with Crippen molar-refractivity contribution in [2.45, 2.75) is 5.75 Å². The number of pyridine rings is 3. The maximum absolute atomic E-state index is 10.8. The number of nitrogens with zero attached hydrogens (tertiary/aromatic N) is 4. The molecule has 9 nitrogen and oxygen atoms in total. The number of ether oxygens (including phenoxy) is 1. The van der Waals surface area contributed by atoms with Crippen molar-refractivity contribution in [2.24, 2.45) is 0 Å². The molecular weight excluding hydrogens is 408 g/mol. The van der Waals surface area contributed by atoms with Crippen LogP contribution in [0.15, 0.2) is 73.2 Å². The Morgan fingerprint density at radius 1 is 1.00 bits per heavy atom. The Labute approximate surface area is 174 Å². The van der Waals surface area contributed by atoms with Crippen LogP contribution in [-0.2, 0) is 20.4 Å². The summed E-state index contributed by atoms with van der Waals surface area (Å²) in [6, 6.07) is 15.5. The lowest BCUT2D eigenvalue weighted by molar-refractivity contribution is -0.139. The monoisotopic (exact) mass is 428 g/mol. The number of carbonyl (C=O) groups is 1. The largest absolute Gasteiger partial charge is 0.479 e. The van der Waals surface area contributed by atoms with E-state index in [1.165, 1.54) is 12.5 Å². The number of sulfone groups is 1. The topological polar surface area (TPSA) is 124 Å². The van der Waals surface area contributed by atoms with Crippen molar-refractivity contribution in [1.82, 2.24) is 15.0 Å². The molecule has 0 aliphatic heterocycles. The van der Waals surface area contributed by atoms with E-state index in [2.05, 4.69) is 19.8 Å². The second-order valence-electron chi connectivity index (χ2n) is 5.54. The van der Waals surface area contributed by atoms with Crippen molar-refractivity contribution in [1.29, 1.82) is 0 Å². The number of carboxylic acid groups (broad SMARTS) is 1. The lowest BCUT2D eigenvalue weighted by Gasteiger charge is -1.98. The Kier molecular flexibility index (Phi) is 10.8. The fourth-order valence-electron chi connectivity index (χ4n) is 1.74. The minimum absolute atomic E-state index is 0.0217. The first-order valence-electron chi connectivity index (χ1n) is 8.42. The van der Waals surface area contributed by atoms with Gasteiger partial charge in [0, 0.05) is 24.7 Å². The fourth-order valence-corrected chi connectivity index (χ4v) is 2.45. The van der Waals surface area contributed by atoms with E-state index in [4.69, 9.17) is 16.4 Å². The minimum Gasteiger partial charge on any atom is -0.479 e. The second kappa shape index (κ2) is 13.4. The summed E-state index contributed by atoms with van der Waals surface area (Å²) < 4.78 is 26.3. The van der Waals surface area contributed by atoms with Crippen molar-refractivity contribution < 1.29 is 23.1 Å². The van der Waals surface area contributed by atoms with Crippen LogP contribution in [0.25, 0.3) is 4.85 Å². The Balaban J connectivity index is 0.000000228. The molecule has 3 heterocycles.